The largest absolute Gasteiger partial charge is 0.395 e. The second-order valence-corrected chi connectivity index (χ2v) is 12.6. The van der Waals surface area contributed by atoms with Gasteiger partial charge in [-0.1, -0.05) is 168 Å². The molecular weight excluding hydrogens is 578 g/mol. The maximum absolute atomic E-state index is 10.1. The Labute approximate surface area is 273 Å². The van der Waals surface area contributed by atoms with Gasteiger partial charge in [-0.3, -0.25) is 9.11 Å². The van der Waals surface area contributed by atoms with E-state index in [2.05, 4.69) is 19.2 Å². The molecule has 0 radical (unpaired) electrons. The summed E-state index contributed by atoms with van der Waals surface area (Å²) in [6.45, 7) is 5.47. The van der Waals surface area contributed by atoms with Gasteiger partial charge in [0.1, 0.15) is 12.6 Å². The second kappa shape index (κ2) is 49.0. The molecule has 9 heteroatoms. The van der Waals surface area contributed by atoms with E-state index in [4.69, 9.17) is 22.6 Å². The molecular formula is C35H75NO7S. The van der Waals surface area contributed by atoms with Crippen molar-refractivity contribution in [3.05, 3.63) is 0 Å². The van der Waals surface area contributed by atoms with Crippen LogP contribution in [-0.4, -0.2) is 55.4 Å². The summed E-state index contributed by atoms with van der Waals surface area (Å²) in [6, 6.07) is 0. The van der Waals surface area contributed by atoms with Crippen molar-refractivity contribution >= 4 is 23.0 Å². The number of aldehydes is 2. The van der Waals surface area contributed by atoms with Crippen molar-refractivity contribution in [2.24, 2.45) is 0 Å². The SMILES string of the molecule is CCCCCCCCCCCCCCCC=O.CCCCCCCCCCCCCCCC=O.CNCCO.O=S(=O)(O)O. The number of hydrogen-bond acceptors (Lipinski definition) is 6. The van der Waals surface area contributed by atoms with Crippen molar-refractivity contribution in [1.82, 2.24) is 5.32 Å². The summed E-state index contributed by atoms with van der Waals surface area (Å²) < 4.78 is 31.6. The third-order valence-corrected chi connectivity index (χ3v) is 7.21. The summed E-state index contributed by atoms with van der Waals surface area (Å²) in [5, 5.41) is 10.8. The van der Waals surface area contributed by atoms with Gasteiger partial charge in [0.25, 0.3) is 0 Å². The fourth-order valence-corrected chi connectivity index (χ4v) is 4.60. The molecule has 0 atom stereocenters. The Morgan fingerprint density at radius 1 is 0.477 bits per heavy atom. The van der Waals surface area contributed by atoms with Gasteiger partial charge in [0.15, 0.2) is 0 Å². The lowest BCUT2D eigenvalue weighted by atomic mass is 10.0. The number of aliphatic hydroxyl groups is 1. The predicted octanol–water partition coefficient (Wildman–Crippen LogP) is 9.88. The Bertz CT molecular complexity index is 560. The minimum Gasteiger partial charge on any atom is -0.395 e. The average Bonchev–Trinajstić information content (AvgIpc) is 2.98. The van der Waals surface area contributed by atoms with Crippen LogP contribution in [0.25, 0.3) is 0 Å². The van der Waals surface area contributed by atoms with E-state index in [1.165, 1.54) is 154 Å². The summed E-state index contributed by atoms with van der Waals surface area (Å²) in [5.74, 6) is 0. The fourth-order valence-electron chi connectivity index (χ4n) is 4.60. The number of aliphatic hydroxyl groups excluding tert-OH is 1. The zero-order valence-corrected chi connectivity index (χ0v) is 30.1. The van der Waals surface area contributed by atoms with Gasteiger partial charge in [-0.05, 0) is 19.9 Å². The number of carbonyl (C=O) groups excluding carboxylic acids is 2. The van der Waals surface area contributed by atoms with E-state index in [1.54, 1.807) is 7.05 Å². The molecule has 268 valence electrons. The molecule has 0 aromatic rings. The molecule has 0 aliphatic heterocycles. The number of unbranched alkanes of at least 4 members (excludes halogenated alkanes) is 26. The molecule has 4 N–H and O–H groups in total. The maximum atomic E-state index is 10.1. The molecule has 0 saturated heterocycles. The number of hydrogen-bond donors (Lipinski definition) is 4. The highest BCUT2D eigenvalue weighted by Crippen LogP contribution is 2.13. The van der Waals surface area contributed by atoms with Crippen LogP contribution in [0.4, 0.5) is 0 Å². The molecule has 44 heavy (non-hydrogen) atoms. The summed E-state index contributed by atoms with van der Waals surface area (Å²) in [5.41, 5.74) is 0. The topological polar surface area (TPSA) is 141 Å². The van der Waals surface area contributed by atoms with Crippen molar-refractivity contribution in [3.8, 4) is 0 Å². The van der Waals surface area contributed by atoms with Crippen LogP contribution in [0.5, 0.6) is 0 Å². The smallest absolute Gasteiger partial charge is 0.394 e. The highest BCUT2D eigenvalue weighted by atomic mass is 32.3. The van der Waals surface area contributed by atoms with E-state index >= 15 is 0 Å². The Balaban J connectivity index is -0.000000278. The van der Waals surface area contributed by atoms with E-state index in [0.29, 0.717) is 6.54 Å². The molecule has 8 nitrogen and oxygen atoms in total. The van der Waals surface area contributed by atoms with Crippen LogP contribution in [0.1, 0.15) is 194 Å². The molecule has 0 heterocycles. The molecule has 0 aliphatic rings. The van der Waals surface area contributed by atoms with E-state index < -0.39 is 10.4 Å². The molecule has 0 rings (SSSR count). The monoisotopic (exact) mass is 654 g/mol. The highest BCUT2D eigenvalue weighted by molar-refractivity contribution is 7.79. The second-order valence-electron chi connectivity index (χ2n) is 11.7. The Kier molecular flexibility index (Phi) is 55.7. The summed E-state index contributed by atoms with van der Waals surface area (Å²) >= 11 is 0. The first kappa shape index (κ1) is 50.0. The average molecular weight is 654 g/mol. The van der Waals surface area contributed by atoms with E-state index in [-0.39, 0.29) is 6.61 Å². The Morgan fingerprint density at radius 3 is 0.818 bits per heavy atom. The van der Waals surface area contributed by atoms with Crippen molar-refractivity contribution in [2.45, 2.75) is 194 Å². The minimum atomic E-state index is -4.67. The van der Waals surface area contributed by atoms with Crippen LogP contribution in [0, 0.1) is 0 Å². The summed E-state index contributed by atoms with van der Waals surface area (Å²) in [6.07, 6.45) is 39.2. The third kappa shape index (κ3) is 78.1. The van der Waals surface area contributed by atoms with Crippen molar-refractivity contribution in [2.75, 3.05) is 20.2 Å². The first-order valence-electron chi connectivity index (χ1n) is 18.1. The van der Waals surface area contributed by atoms with Gasteiger partial charge in [0.05, 0.1) is 6.61 Å². The van der Waals surface area contributed by atoms with E-state index in [1.807, 2.05) is 0 Å². The third-order valence-electron chi connectivity index (χ3n) is 7.21. The van der Waals surface area contributed by atoms with Crippen LogP contribution in [-0.2, 0) is 20.0 Å². The van der Waals surface area contributed by atoms with Gasteiger partial charge in [-0.2, -0.15) is 8.42 Å². The van der Waals surface area contributed by atoms with Gasteiger partial charge >= 0.3 is 10.4 Å². The van der Waals surface area contributed by atoms with Gasteiger partial charge in [0, 0.05) is 19.4 Å². The molecule has 0 fully saturated rings. The first-order valence-corrected chi connectivity index (χ1v) is 19.5. The van der Waals surface area contributed by atoms with Crippen LogP contribution < -0.4 is 5.32 Å². The van der Waals surface area contributed by atoms with Gasteiger partial charge < -0.3 is 20.0 Å². The normalized spacial score (nSPS) is 10.5. The van der Waals surface area contributed by atoms with Gasteiger partial charge in [-0.15, -0.1) is 0 Å². The van der Waals surface area contributed by atoms with Crippen molar-refractivity contribution in [1.29, 1.82) is 0 Å². The van der Waals surface area contributed by atoms with Gasteiger partial charge in [0.2, 0.25) is 0 Å². The molecule has 0 spiro atoms. The number of carbonyl (C=O) groups is 2. The minimum absolute atomic E-state index is 0.233. The quantitative estimate of drug-likeness (QED) is 0.0341. The standard InChI is InChI=1S/2C16H32O.C3H9NO.H2O4S/c2*1-2-3-4-5-6-7-8-9-10-11-12-13-14-15-16-17;1-4-2-3-5;1-5(2,3)4/h2*16H,2-15H2,1H3;4-5H,2-3H2,1H3;(H2,1,2,3,4). The fraction of sp³-hybridized carbons (Fsp3) is 0.943. The number of rotatable bonds is 30. The van der Waals surface area contributed by atoms with Crippen LogP contribution in [0.3, 0.4) is 0 Å². The molecule has 0 amide bonds. The zero-order valence-electron chi connectivity index (χ0n) is 29.3. The lowest BCUT2D eigenvalue weighted by Crippen LogP contribution is -2.10. The molecule has 0 saturated carbocycles. The van der Waals surface area contributed by atoms with Crippen LogP contribution in [0.15, 0.2) is 0 Å². The van der Waals surface area contributed by atoms with E-state index in [0.717, 1.165) is 38.3 Å². The Hall–Kier alpha value is -0.870. The molecule has 0 aliphatic carbocycles. The zero-order chi connectivity index (χ0) is 33.8. The van der Waals surface area contributed by atoms with Crippen LogP contribution >= 0.6 is 0 Å². The summed E-state index contributed by atoms with van der Waals surface area (Å²) in [7, 11) is -2.86. The van der Waals surface area contributed by atoms with Crippen molar-refractivity contribution < 1.29 is 32.2 Å². The molecule has 0 aromatic heterocycles. The lowest BCUT2D eigenvalue weighted by Gasteiger charge is -2.02. The summed E-state index contributed by atoms with van der Waals surface area (Å²) in [4.78, 5) is 20.2. The molecule has 0 bridgehead atoms. The predicted molar refractivity (Wildman–Crippen MR) is 188 cm³/mol. The first-order chi connectivity index (χ1) is 21.2. The highest BCUT2D eigenvalue weighted by Gasteiger charge is 1.94. The molecule has 0 unspecified atom stereocenters. The lowest BCUT2D eigenvalue weighted by molar-refractivity contribution is -0.108. The molecule has 0 aromatic carbocycles. The van der Waals surface area contributed by atoms with Gasteiger partial charge in [-0.25, -0.2) is 0 Å². The van der Waals surface area contributed by atoms with E-state index in [9.17, 15) is 9.59 Å². The maximum Gasteiger partial charge on any atom is 0.394 e. The Morgan fingerprint density at radius 2 is 0.682 bits per heavy atom. The number of nitrogens with one attached hydrogen (secondary N) is 1. The van der Waals surface area contributed by atoms with Crippen molar-refractivity contribution in [3.63, 3.8) is 0 Å². The number of likely N-dealkylation sites (N-methyl/N-ethyl adjacent to an activating group) is 1. The van der Waals surface area contributed by atoms with Crippen LogP contribution in [0.2, 0.25) is 0 Å².